The number of nitrogens with zero attached hydrogens (tertiary/aromatic N) is 1. The van der Waals surface area contributed by atoms with Gasteiger partial charge in [-0.05, 0) is 38.5 Å². The number of nitrogens with one attached hydrogen (secondary N) is 1. The topological polar surface area (TPSA) is 41.6 Å². The van der Waals surface area contributed by atoms with E-state index in [0.717, 1.165) is 25.9 Å². The molecular weight excluding hydrogens is 228 g/mol. The van der Waals surface area contributed by atoms with Crippen LogP contribution in [0.3, 0.4) is 0 Å². The van der Waals surface area contributed by atoms with Crippen molar-refractivity contribution >= 4 is 5.91 Å². The molecule has 1 amide bonds. The van der Waals surface area contributed by atoms with Crippen molar-refractivity contribution in [3.05, 3.63) is 0 Å². The Labute approximate surface area is 110 Å². The van der Waals surface area contributed by atoms with Crippen LogP contribution in [0.4, 0.5) is 0 Å². The van der Waals surface area contributed by atoms with Gasteiger partial charge in [0.2, 0.25) is 5.91 Å². The molecular formula is C14H26N2O2. The first-order valence-electron chi connectivity index (χ1n) is 7.23. The largest absolute Gasteiger partial charge is 0.381 e. The van der Waals surface area contributed by atoms with Gasteiger partial charge in [0.15, 0.2) is 0 Å². The third kappa shape index (κ3) is 3.69. The monoisotopic (exact) mass is 254 g/mol. The summed E-state index contributed by atoms with van der Waals surface area (Å²) in [5, 5.41) is 3.77. The number of carbonyl (C=O) groups is 1. The van der Waals surface area contributed by atoms with Crippen LogP contribution in [0, 0.1) is 0 Å². The smallest absolute Gasteiger partial charge is 0.219 e. The van der Waals surface area contributed by atoms with E-state index in [0.29, 0.717) is 18.2 Å². The highest BCUT2D eigenvalue weighted by Crippen LogP contribution is 2.22. The van der Waals surface area contributed by atoms with Crippen molar-refractivity contribution in [3.8, 4) is 0 Å². The van der Waals surface area contributed by atoms with Gasteiger partial charge in [-0.15, -0.1) is 0 Å². The van der Waals surface area contributed by atoms with E-state index in [2.05, 4.69) is 5.32 Å². The molecule has 2 rings (SSSR count). The fourth-order valence-electron chi connectivity index (χ4n) is 3.16. The Balaban J connectivity index is 1.67. The van der Waals surface area contributed by atoms with Gasteiger partial charge < -0.3 is 15.0 Å². The first-order valence-corrected chi connectivity index (χ1v) is 7.23. The molecule has 18 heavy (non-hydrogen) atoms. The lowest BCUT2D eigenvalue weighted by Gasteiger charge is -2.36. The standard InChI is InChI=1S/C14H26N2O2/c1-11(17)16-9-7-13(8-10-16)15-12-3-5-14(18-2)6-4-12/h12-15H,3-10H2,1-2H3. The van der Waals surface area contributed by atoms with Gasteiger partial charge in [0.1, 0.15) is 0 Å². The molecule has 4 heteroatoms. The van der Waals surface area contributed by atoms with Crippen molar-refractivity contribution < 1.29 is 9.53 Å². The Morgan fingerprint density at radius 2 is 1.61 bits per heavy atom. The second kappa shape index (κ2) is 6.53. The van der Waals surface area contributed by atoms with Gasteiger partial charge in [-0.25, -0.2) is 0 Å². The van der Waals surface area contributed by atoms with Gasteiger partial charge in [0.25, 0.3) is 0 Å². The summed E-state index contributed by atoms with van der Waals surface area (Å²) in [5.41, 5.74) is 0. The molecule has 2 aliphatic rings. The number of hydrogen-bond acceptors (Lipinski definition) is 3. The van der Waals surface area contributed by atoms with Crippen molar-refractivity contribution in [1.82, 2.24) is 10.2 Å². The number of rotatable bonds is 3. The molecule has 2 fully saturated rings. The van der Waals surface area contributed by atoms with E-state index in [1.807, 2.05) is 12.0 Å². The minimum atomic E-state index is 0.217. The van der Waals surface area contributed by atoms with Crippen molar-refractivity contribution in [3.63, 3.8) is 0 Å². The number of hydrogen-bond donors (Lipinski definition) is 1. The molecule has 0 aromatic rings. The first-order chi connectivity index (χ1) is 8.69. The summed E-state index contributed by atoms with van der Waals surface area (Å²) in [7, 11) is 1.82. The summed E-state index contributed by atoms with van der Waals surface area (Å²) >= 11 is 0. The number of likely N-dealkylation sites (tertiary alicyclic amines) is 1. The molecule has 0 aromatic heterocycles. The SMILES string of the molecule is COC1CCC(NC2CCN(C(C)=O)CC2)CC1. The zero-order chi connectivity index (χ0) is 13.0. The van der Waals surface area contributed by atoms with Crippen molar-refractivity contribution in [2.24, 2.45) is 0 Å². The van der Waals surface area contributed by atoms with Crippen LogP contribution in [-0.4, -0.2) is 49.2 Å². The van der Waals surface area contributed by atoms with Crippen molar-refractivity contribution in [2.75, 3.05) is 20.2 Å². The number of ether oxygens (including phenoxy) is 1. The van der Waals surface area contributed by atoms with E-state index in [9.17, 15) is 4.79 Å². The maximum absolute atomic E-state index is 11.3. The normalized spacial score (nSPS) is 30.4. The van der Waals surface area contributed by atoms with E-state index in [-0.39, 0.29) is 5.91 Å². The highest BCUT2D eigenvalue weighted by Gasteiger charge is 2.25. The van der Waals surface area contributed by atoms with Gasteiger partial charge in [-0.1, -0.05) is 0 Å². The van der Waals surface area contributed by atoms with Crippen LogP contribution in [0.1, 0.15) is 45.4 Å². The Kier molecular flexibility index (Phi) is 5.01. The van der Waals surface area contributed by atoms with Crippen LogP contribution in [-0.2, 0) is 9.53 Å². The minimum Gasteiger partial charge on any atom is -0.381 e. The summed E-state index contributed by atoms with van der Waals surface area (Å²) in [6, 6.07) is 1.26. The van der Waals surface area contributed by atoms with E-state index in [1.54, 1.807) is 6.92 Å². The lowest BCUT2D eigenvalue weighted by Crippen LogP contribution is -2.48. The average molecular weight is 254 g/mol. The molecule has 1 N–H and O–H groups in total. The summed E-state index contributed by atoms with van der Waals surface area (Å²) in [6.45, 7) is 3.50. The highest BCUT2D eigenvalue weighted by molar-refractivity contribution is 5.73. The molecule has 0 radical (unpaired) electrons. The van der Waals surface area contributed by atoms with Crippen molar-refractivity contribution in [1.29, 1.82) is 0 Å². The van der Waals surface area contributed by atoms with Crippen LogP contribution < -0.4 is 5.32 Å². The third-order valence-electron chi connectivity index (χ3n) is 4.42. The third-order valence-corrected chi connectivity index (χ3v) is 4.42. The van der Waals surface area contributed by atoms with Crippen LogP contribution in [0.15, 0.2) is 0 Å². The molecule has 1 saturated heterocycles. The molecule has 0 spiro atoms. The summed E-state index contributed by atoms with van der Waals surface area (Å²) in [6.07, 6.45) is 7.49. The fraction of sp³-hybridized carbons (Fsp3) is 0.929. The molecule has 0 aromatic carbocycles. The molecule has 1 aliphatic carbocycles. The molecule has 1 saturated carbocycles. The van der Waals surface area contributed by atoms with E-state index in [1.165, 1.54) is 25.7 Å². The first kappa shape index (κ1) is 13.8. The van der Waals surface area contributed by atoms with Crippen LogP contribution in [0.25, 0.3) is 0 Å². The second-order valence-corrected chi connectivity index (χ2v) is 5.66. The van der Waals surface area contributed by atoms with E-state index >= 15 is 0 Å². The summed E-state index contributed by atoms with van der Waals surface area (Å²) < 4.78 is 5.40. The predicted molar refractivity (Wildman–Crippen MR) is 71.5 cm³/mol. The molecule has 0 bridgehead atoms. The van der Waals surface area contributed by atoms with Crippen LogP contribution in [0.5, 0.6) is 0 Å². The van der Waals surface area contributed by atoms with E-state index in [4.69, 9.17) is 4.74 Å². The van der Waals surface area contributed by atoms with Crippen LogP contribution >= 0.6 is 0 Å². The highest BCUT2D eigenvalue weighted by atomic mass is 16.5. The maximum atomic E-state index is 11.3. The summed E-state index contributed by atoms with van der Waals surface area (Å²) in [5.74, 6) is 0.217. The van der Waals surface area contributed by atoms with Crippen molar-refractivity contribution in [2.45, 2.75) is 63.6 Å². The van der Waals surface area contributed by atoms with Gasteiger partial charge in [-0.2, -0.15) is 0 Å². The number of methoxy groups -OCH3 is 1. The fourth-order valence-corrected chi connectivity index (χ4v) is 3.16. The number of piperidine rings is 1. The molecule has 104 valence electrons. The molecule has 4 nitrogen and oxygen atoms in total. The Morgan fingerprint density at radius 3 is 2.11 bits per heavy atom. The van der Waals surface area contributed by atoms with Gasteiger partial charge in [0, 0.05) is 39.2 Å². The van der Waals surface area contributed by atoms with E-state index < -0.39 is 0 Å². The van der Waals surface area contributed by atoms with Gasteiger partial charge >= 0.3 is 0 Å². The Hall–Kier alpha value is -0.610. The zero-order valence-electron chi connectivity index (χ0n) is 11.7. The van der Waals surface area contributed by atoms with Gasteiger partial charge in [0.05, 0.1) is 6.10 Å². The lowest BCUT2D eigenvalue weighted by atomic mass is 9.91. The quantitative estimate of drug-likeness (QED) is 0.831. The predicted octanol–water partition coefficient (Wildman–Crippen LogP) is 1.54. The molecule has 0 unspecified atom stereocenters. The maximum Gasteiger partial charge on any atom is 0.219 e. The number of amides is 1. The Morgan fingerprint density at radius 1 is 1.06 bits per heavy atom. The number of carbonyl (C=O) groups excluding carboxylic acids is 1. The minimum absolute atomic E-state index is 0.217. The lowest BCUT2D eigenvalue weighted by molar-refractivity contribution is -0.129. The second-order valence-electron chi connectivity index (χ2n) is 5.66. The van der Waals surface area contributed by atoms with Crippen LogP contribution in [0.2, 0.25) is 0 Å². The molecule has 0 atom stereocenters. The zero-order valence-corrected chi connectivity index (χ0v) is 11.7. The Bertz CT molecular complexity index is 267. The average Bonchev–Trinajstić information content (AvgIpc) is 2.40. The van der Waals surface area contributed by atoms with Gasteiger partial charge in [-0.3, -0.25) is 4.79 Å². The molecule has 1 aliphatic heterocycles. The summed E-state index contributed by atoms with van der Waals surface area (Å²) in [4.78, 5) is 13.2. The molecule has 1 heterocycles.